The minimum atomic E-state index is -0.408. The van der Waals surface area contributed by atoms with Crippen molar-refractivity contribution in [2.75, 3.05) is 20.1 Å². The molecule has 0 unspecified atom stereocenters. The van der Waals surface area contributed by atoms with Gasteiger partial charge >= 0.3 is 0 Å². The number of likely N-dealkylation sites (tertiary alicyclic amines) is 1. The van der Waals surface area contributed by atoms with Crippen LogP contribution in [0.5, 0.6) is 5.88 Å². The van der Waals surface area contributed by atoms with Gasteiger partial charge in [0.1, 0.15) is 11.8 Å². The fourth-order valence-corrected chi connectivity index (χ4v) is 2.23. The molecule has 1 fully saturated rings. The van der Waals surface area contributed by atoms with Gasteiger partial charge in [0.15, 0.2) is 0 Å². The van der Waals surface area contributed by atoms with Crippen LogP contribution in [0.4, 0.5) is 5.69 Å². The molecule has 2 heterocycles. The highest BCUT2D eigenvalue weighted by atomic mass is 16.6. The van der Waals surface area contributed by atoms with E-state index >= 15 is 0 Å². The zero-order valence-electron chi connectivity index (χ0n) is 11.5. The second kappa shape index (κ2) is 5.52. The molecule has 6 nitrogen and oxygen atoms in total. The van der Waals surface area contributed by atoms with E-state index < -0.39 is 4.92 Å². The van der Waals surface area contributed by atoms with Crippen molar-refractivity contribution in [2.45, 2.75) is 32.8 Å². The van der Waals surface area contributed by atoms with Crippen LogP contribution in [0.15, 0.2) is 6.07 Å². The number of hydrogen-bond donors (Lipinski definition) is 0. The van der Waals surface area contributed by atoms with Gasteiger partial charge in [-0.1, -0.05) is 0 Å². The first-order valence-corrected chi connectivity index (χ1v) is 6.45. The maximum absolute atomic E-state index is 10.8. The van der Waals surface area contributed by atoms with Crippen LogP contribution in [0.3, 0.4) is 0 Å². The van der Waals surface area contributed by atoms with Gasteiger partial charge in [-0.2, -0.15) is 0 Å². The van der Waals surface area contributed by atoms with Crippen LogP contribution in [-0.4, -0.2) is 41.0 Å². The quantitative estimate of drug-likeness (QED) is 0.618. The van der Waals surface area contributed by atoms with Crippen molar-refractivity contribution in [3.8, 4) is 5.88 Å². The molecule has 0 aromatic carbocycles. The third-order valence-corrected chi connectivity index (χ3v) is 3.47. The van der Waals surface area contributed by atoms with Crippen molar-refractivity contribution >= 4 is 5.69 Å². The van der Waals surface area contributed by atoms with Crippen LogP contribution in [0.1, 0.15) is 24.1 Å². The summed E-state index contributed by atoms with van der Waals surface area (Å²) >= 11 is 0. The lowest BCUT2D eigenvalue weighted by Gasteiger charge is -2.29. The molecule has 1 aromatic rings. The maximum Gasteiger partial charge on any atom is 0.290 e. The summed E-state index contributed by atoms with van der Waals surface area (Å²) in [6.45, 7) is 5.45. The minimum absolute atomic E-state index is 0.0493. The topological polar surface area (TPSA) is 68.5 Å². The molecule has 0 spiro atoms. The molecule has 0 saturated carbocycles. The number of aromatic nitrogens is 1. The molecule has 0 radical (unpaired) electrons. The lowest BCUT2D eigenvalue weighted by molar-refractivity contribution is -0.385. The third kappa shape index (κ3) is 3.20. The van der Waals surface area contributed by atoms with E-state index in [4.69, 9.17) is 4.74 Å². The Morgan fingerprint density at radius 1 is 1.42 bits per heavy atom. The fourth-order valence-electron chi connectivity index (χ4n) is 2.23. The number of nitrogens with zero attached hydrogens (tertiary/aromatic N) is 3. The summed E-state index contributed by atoms with van der Waals surface area (Å²) in [7, 11) is 2.09. The van der Waals surface area contributed by atoms with Crippen LogP contribution in [-0.2, 0) is 0 Å². The lowest BCUT2D eigenvalue weighted by Crippen LogP contribution is -2.35. The number of ether oxygens (including phenoxy) is 1. The van der Waals surface area contributed by atoms with Crippen molar-refractivity contribution in [3.63, 3.8) is 0 Å². The SMILES string of the molecule is Cc1cc([N+](=O)[O-])c(C)nc1OC1CCN(C)CC1. The second-order valence-corrected chi connectivity index (χ2v) is 5.09. The van der Waals surface area contributed by atoms with E-state index in [-0.39, 0.29) is 11.8 Å². The van der Waals surface area contributed by atoms with Crippen LogP contribution in [0, 0.1) is 24.0 Å². The van der Waals surface area contributed by atoms with Gasteiger partial charge in [-0.05, 0) is 33.7 Å². The van der Waals surface area contributed by atoms with E-state index in [9.17, 15) is 10.1 Å². The smallest absolute Gasteiger partial charge is 0.290 e. The van der Waals surface area contributed by atoms with Gasteiger partial charge in [0.2, 0.25) is 5.88 Å². The standard InChI is InChI=1S/C13H19N3O3/c1-9-8-12(16(17)18)10(2)14-13(9)19-11-4-6-15(3)7-5-11/h8,11H,4-7H2,1-3H3. The molecule has 1 aliphatic rings. The van der Waals surface area contributed by atoms with Gasteiger partial charge < -0.3 is 9.64 Å². The molecule has 2 rings (SSSR count). The number of pyridine rings is 1. The Labute approximate surface area is 112 Å². The van der Waals surface area contributed by atoms with Crippen molar-refractivity contribution in [1.29, 1.82) is 0 Å². The normalized spacial score (nSPS) is 17.4. The number of rotatable bonds is 3. The minimum Gasteiger partial charge on any atom is -0.474 e. The molecule has 0 N–H and O–H groups in total. The molecule has 0 aliphatic carbocycles. The molecule has 1 saturated heterocycles. The monoisotopic (exact) mass is 265 g/mol. The van der Waals surface area contributed by atoms with Gasteiger partial charge in [-0.15, -0.1) is 0 Å². The van der Waals surface area contributed by atoms with Crippen molar-refractivity contribution in [2.24, 2.45) is 0 Å². The summed E-state index contributed by atoms with van der Waals surface area (Å²) in [4.78, 5) is 16.9. The first kappa shape index (κ1) is 13.7. The molecule has 0 amide bonds. The summed E-state index contributed by atoms with van der Waals surface area (Å²) in [6, 6.07) is 1.53. The number of piperidine rings is 1. The summed E-state index contributed by atoms with van der Waals surface area (Å²) in [5.41, 5.74) is 1.17. The largest absolute Gasteiger partial charge is 0.474 e. The number of nitro groups is 1. The average Bonchev–Trinajstić information content (AvgIpc) is 2.35. The highest BCUT2D eigenvalue weighted by Gasteiger charge is 2.21. The van der Waals surface area contributed by atoms with E-state index in [0.29, 0.717) is 11.6 Å². The Morgan fingerprint density at radius 2 is 2.05 bits per heavy atom. The van der Waals surface area contributed by atoms with Crippen molar-refractivity contribution in [1.82, 2.24) is 9.88 Å². The molecule has 0 bridgehead atoms. The zero-order chi connectivity index (χ0) is 14.0. The highest BCUT2D eigenvalue weighted by Crippen LogP contribution is 2.26. The second-order valence-electron chi connectivity index (χ2n) is 5.09. The van der Waals surface area contributed by atoms with Gasteiger partial charge in [0, 0.05) is 24.7 Å². The van der Waals surface area contributed by atoms with E-state index in [1.54, 1.807) is 13.8 Å². The van der Waals surface area contributed by atoms with Crippen LogP contribution < -0.4 is 4.74 Å². The van der Waals surface area contributed by atoms with Crippen LogP contribution in [0.25, 0.3) is 0 Å². The molecular weight excluding hydrogens is 246 g/mol. The van der Waals surface area contributed by atoms with Crippen molar-refractivity contribution in [3.05, 3.63) is 27.4 Å². The predicted octanol–water partition coefficient (Wildman–Crippen LogP) is 2.08. The predicted molar refractivity (Wildman–Crippen MR) is 71.5 cm³/mol. The van der Waals surface area contributed by atoms with E-state index in [1.807, 2.05) is 0 Å². The van der Waals surface area contributed by atoms with Crippen LogP contribution >= 0.6 is 0 Å². The summed E-state index contributed by atoms with van der Waals surface area (Å²) < 4.78 is 5.89. The first-order valence-electron chi connectivity index (χ1n) is 6.45. The average molecular weight is 265 g/mol. The summed E-state index contributed by atoms with van der Waals surface area (Å²) in [5, 5.41) is 10.8. The highest BCUT2D eigenvalue weighted by molar-refractivity contribution is 5.42. The molecule has 0 atom stereocenters. The van der Waals surface area contributed by atoms with Crippen molar-refractivity contribution < 1.29 is 9.66 Å². The van der Waals surface area contributed by atoms with Gasteiger partial charge in [-0.3, -0.25) is 10.1 Å². The molecule has 104 valence electrons. The van der Waals surface area contributed by atoms with Gasteiger partial charge in [-0.25, -0.2) is 4.98 Å². The lowest BCUT2D eigenvalue weighted by atomic mass is 10.1. The van der Waals surface area contributed by atoms with E-state index in [2.05, 4.69) is 16.9 Å². The Hall–Kier alpha value is -1.69. The molecule has 1 aliphatic heterocycles. The maximum atomic E-state index is 10.8. The Bertz CT molecular complexity index is 482. The summed E-state index contributed by atoms with van der Waals surface area (Å²) in [5.74, 6) is 0.526. The van der Waals surface area contributed by atoms with Gasteiger partial charge in [0.25, 0.3) is 5.69 Å². The zero-order valence-corrected chi connectivity index (χ0v) is 11.5. The molecule has 19 heavy (non-hydrogen) atoms. The number of hydrogen-bond acceptors (Lipinski definition) is 5. The Morgan fingerprint density at radius 3 is 2.63 bits per heavy atom. The first-order chi connectivity index (χ1) is 8.97. The summed E-state index contributed by atoms with van der Waals surface area (Å²) in [6.07, 6.45) is 2.09. The fraction of sp³-hybridized carbons (Fsp3) is 0.615. The van der Waals surface area contributed by atoms with E-state index in [1.165, 1.54) is 6.07 Å². The van der Waals surface area contributed by atoms with E-state index in [0.717, 1.165) is 31.5 Å². The molecular formula is C13H19N3O3. The van der Waals surface area contributed by atoms with Gasteiger partial charge in [0.05, 0.1) is 4.92 Å². The number of aryl methyl sites for hydroxylation is 2. The third-order valence-electron chi connectivity index (χ3n) is 3.47. The molecule has 1 aromatic heterocycles. The Balaban J connectivity index is 2.13. The Kier molecular flexibility index (Phi) is 3.99. The molecule has 6 heteroatoms. The van der Waals surface area contributed by atoms with Crippen LogP contribution in [0.2, 0.25) is 0 Å².